The number of rotatable bonds is 5. The Balaban J connectivity index is 0.00000180. The molecule has 94 valence electrons. The second-order valence-corrected chi connectivity index (χ2v) is 4.18. The standard InChI is InChI=1S/C12H11ClN2O3.Na/c13-9-6-4-8(5-7-9)12-14-10(18-15-12)2-1-3-11(16)17;/h4-7H,1-3H2,(H,16,17);/q;+1/p-1. The summed E-state index contributed by atoms with van der Waals surface area (Å²) in [4.78, 5) is 14.4. The third kappa shape index (κ3) is 4.95. The van der Waals surface area contributed by atoms with Crippen LogP contribution in [0.15, 0.2) is 28.8 Å². The predicted octanol–water partition coefficient (Wildman–Crippen LogP) is -1.53. The Hall–Kier alpha value is -0.880. The van der Waals surface area contributed by atoms with Gasteiger partial charge in [-0.05, 0) is 37.1 Å². The van der Waals surface area contributed by atoms with Crippen molar-refractivity contribution in [1.29, 1.82) is 0 Å². The zero-order valence-corrected chi connectivity index (χ0v) is 13.2. The summed E-state index contributed by atoms with van der Waals surface area (Å²) in [5.41, 5.74) is 0.800. The molecule has 0 amide bonds. The molecule has 1 aromatic carbocycles. The molecule has 0 fully saturated rings. The minimum absolute atomic E-state index is 0. The zero-order valence-electron chi connectivity index (χ0n) is 10.4. The van der Waals surface area contributed by atoms with E-state index in [1.807, 2.05) is 0 Å². The van der Waals surface area contributed by atoms with E-state index < -0.39 is 5.97 Å². The van der Waals surface area contributed by atoms with Crippen molar-refractivity contribution < 1.29 is 44.0 Å². The molecule has 2 rings (SSSR count). The van der Waals surface area contributed by atoms with Crippen LogP contribution in [0.3, 0.4) is 0 Å². The molecule has 0 radical (unpaired) electrons. The van der Waals surface area contributed by atoms with Crippen molar-refractivity contribution in [2.24, 2.45) is 0 Å². The van der Waals surface area contributed by atoms with Crippen molar-refractivity contribution in [3.05, 3.63) is 35.2 Å². The van der Waals surface area contributed by atoms with E-state index in [9.17, 15) is 9.90 Å². The number of carboxylic acids is 1. The van der Waals surface area contributed by atoms with Crippen LogP contribution in [0.2, 0.25) is 5.02 Å². The summed E-state index contributed by atoms with van der Waals surface area (Å²) in [6.45, 7) is 0. The quantitative estimate of drug-likeness (QED) is 0.624. The summed E-state index contributed by atoms with van der Waals surface area (Å²) in [5, 5.41) is 14.7. The Morgan fingerprint density at radius 1 is 1.32 bits per heavy atom. The summed E-state index contributed by atoms with van der Waals surface area (Å²) < 4.78 is 5.02. The molecule has 2 aromatic rings. The molecule has 5 nitrogen and oxygen atoms in total. The van der Waals surface area contributed by atoms with E-state index in [2.05, 4.69) is 10.1 Å². The third-order valence-electron chi connectivity index (χ3n) is 2.34. The van der Waals surface area contributed by atoms with Crippen molar-refractivity contribution in [2.45, 2.75) is 19.3 Å². The summed E-state index contributed by atoms with van der Waals surface area (Å²) in [5.74, 6) is -0.191. The Morgan fingerprint density at radius 2 is 2.00 bits per heavy atom. The molecule has 0 bridgehead atoms. The number of hydrogen-bond acceptors (Lipinski definition) is 5. The van der Waals surface area contributed by atoms with E-state index in [-0.39, 0.29) is 36.0 Å². The average molecular weight is 289 g/mol. The minimum Gasteiger partial charge on any atom is -0.550 e. The van der Waals surface area contributed by atoms with Gasteiger partial charge in [-0.3, -0.25) is 0 Å². The molecule has 0 aliphatic heterocycles. The topological polar surface area (TPSA) is 79.0 Å². The molecular weight excluding hydrogens is 279 g/mol. The molecule has 0 aliphatic rings. The molecule has 1 aromatic heterocycles. The maximum absolute atomic E-state index is 10.3. The maximum atomic E-state index is 10.3. The van der Waals surface area contributed by atoms with E-state index in [4.69, 9.17) is 16.1 Å². The van der Waals surface area contributed by atoms with Gasteiger partial charge in [-0.25, -0.2) is 0 Å². The van der Waals surface area contributed by atoms with Crippen LogP contribution in [0.1, 0.15) is 18.7 Å². The number of carbonyl (C=O) groups is 1. The molecule has 0 spiro atoms. The SMILES string of the molecule is O=C([O-])CCCc1nc(-c2ccc(Cl)cc2)no1.[Na+]. The van der Waals surface area contributed by atoms with E-state index in [0.29, 0.717) is 29.6 Å². The van der Waals surface area contributed by atoms with Gasteiger partial charge in [0.1, 0.15) is 0 Å². The number of carboxylic acid groups (broad SMARTS) is 1. The Kier molecular flexibility index (Phi) is 6.51. The first-order chi connectivity index (χ1) is 8.65. The smallest absolute Gasteiger partial charge is 0.550 e. The van der Waals surface area contributed by atoms with Crippen LogP contribution >= 0.6 is 11.6 Å². The molecule has 0 N–H and O–H groups in total. The molecule has 7 heteroatoms. The van der Waals surface area contributed by atoms with Gasteiger partial charge in [0.15, 0.2) is 0 Å². The van der Waals surface area contributed by atoms with Crippen LogP contribution in [-0.4, -0.2) is 16.1 Å². The number of nitrogens with zero attached hydrogens (tertiary/aromatic N) is 2. The van der Waals surface area contributed by atoms with Crippen LogP contribution in [0.5, 0.6) is 0 Å². The van der Waals surface area contributed by atoms with Gasteiger partial charge in [-0.2, -0.15) is 4.98 Å². The first-order valence-corrected chi connectivity index (χ1v) is 5.81. The van der Waals surface area contributed by atoms with Crippen LogP contribution in [0.25, 0.3) is 11.4 Å². The fourth-order valence-corrected chi connectivity index (χ4v) is 1.58. The first-order valence-electron chi connectivity index (χ1n) is 5.43. The summed E-state index contributed by atoms with van der Waals surface area (Å²) in [7, 11) is 0. The van der Waals surface area contributed by atoms with E-state index >= 15 is 0 Å². The number of benzene rings is 1. The summed E-state index contributed by atoms with van der Waals surface area (Å²) >= 11 is 5.78. The second kappa shape index (κ2) is 7.65. The van der Waals surface area contributed by atoms with E-state index in [0.717, 1.165) is 5.56 Å². The summed E-state index contributed by atoms with van der Waals surface area (Å²) in [6.07, 6.45) is 0.831. The zero-order chi connectivity index (χ0) is 13.0. The molecule has 1 heterocycles. The maximum Gasteiger partial charge on any atom is 1.00 e. The Morgan fingerprint density at radius 3 is 2.63 bits per heavy atom. The van der Waals surface area contributed by atoms with Crippen molar-refractivity contribution in [3.63, 3.8) is 0 Å². The Bertz CT molecular complexity index is 542. The van der Waals surface area contributed by atoms with Gasteiger partial charge < -0.3 is 14.4 Å². The van der Waals surface area contributed by atoms with Gasteiger partial charge in [-0.1, -0.05) is 16.8 Å². The van der Waals surface area contributed by atoms with Crippen LogP contribution < -0.4 is 34.7 Å². The van der Waals surface area contributed by atoms with Gasteiger partial charge >= 0.3 is 29.6 Å². The number of hydrogen-bond donors (Lipinski definition) is 0. The molecule has 19 heavy (non-hydrogen) atoms. The average Bonchev–Trinajstić information content (AvgIpc) is 2.78. The predicted molar refractivity (Wildman–Crippen MR) is 62.7 cm³/mol. The van der Waals surface area contributed by atoms with Crippen LogP contribution in [-0.2, 0) is 11.2 Å². The molecular formula is C12H10ClN2NaO3. The normalized spacial score (nSPS) is 9.95. The molecule has 0 unspecified atom stereocenters. The third-order valence-corrected chi connectivity index (χ3v) is 2.59. The van der Waals surface area contributed by atoms with Crippen molar-refractivity contribution in [3.8, 4) is 11.4 Å². The van der Waals surface area contributed by atoms with Crippen LogP contribution in [0.4, 0.5) is 0 Å². The first kappa shape index (κ1) is 16.2. The number of aliphatic carboxylic acids is 1. The fourth-order valence-electron chi connectivity index (χ4n) is 1.46. The Labute approximate surface area is 137 Å². The van der Waals surface area contributed by atoms with Gasteiger partial charge in [0.2, 0.25) is 11.7 Å². The number of halogens is 1. The van der Waals surface area contributed by atoms with Gasteiger partial charge in [-0.15, -0.1) is 0 Å². The van der Waals surface area contributed by atoms with Crippen molar-refractivity contribution in [1.82, 2.24) is 10.1 Å². The fraction of sp³-hybridized carbons (Fsp3) is 0.250. The molecule has 0 atom stereocenters. The number of carbonyl (C=O) groups excluding carboxylic acids is 1. The van der Waals surface area contributed by atoms with E-state index in [1.54, 1.807) is 24.3 Å². The minimum atomic E-state index is -1.08. The van der Waals surface area contributed by atoms with Gasteiger partial charge in [0.25, 0.3) is 0 Å². The van der Waals surface area contributed by atoms with Crippen LogP contribution in [0, 0.1) is 0 Å². The largest absolute Gasteiger partial charge is 1.00 e. The monoisotopic (exact) mass is 288 g/mol. The van der Waals surface area contributed by atoms with Crippen molar-refractivity contribution in [2.75, 3.05) is 0 Å². The second-order valence-electron chi connectivity index (χ2n) is 3.74. The molecule has 0 aliphatic carbocycles. The molecule has 0 saturated carbocycles. The van der Waals surface area contributed by atoms with Crippen molar-refractivity contribution >= 4 is 17.6 Å². The van der Waals surface area contributed by atoms with Gasteiger partial charge in [0.05, 0.1) is 0 Å². The number of aromatic nitrogens is 2. The number of aryl methyl sites for hydroxylation is 1. The van der Waals surface area contributed by atoms with Gasteiger partial charge in [0, 0.05) is 23.0 Å². The molecule has 0 saturated heterocycles. The van der Waals surface area contributed by atoms with E-state index in [1.165, 1.54) is 0 Å². The summed E-state index contributed by atoms with van der Waals surface area (Å²) in [6, 6.07) is 7.06.